The fourth-order valence-electron chi connectivity index (χ4n) is 2.34. The summed E-state index contributed by atoms with van der Waals surface area (Å²) >= 11 is 8.81. The van der Waals surface area contributed by atoms with E-state index in [-0.39, 0.29) is 11.5 Å². The van der Waals surface area contributed by atoms with Crippen molar-refractivity contribution in [2.24, 2.45) is 5.10 Å². The van der Waals surface area contributed by atoms with Crippen molar-refractivity contribution < 1.29 is 19.1 Å². The summed E-state index contributed by atoms with van der Waals surface area (Å²) in [4.78, 5) is 12.3. The van der Waals surface area contributed by atoms with Crippen LogP contribution in [0.25, 0.3) is 11.0 Å². The lowest BCUT2D eigenvalue weighted by molar-refractivity contribution is 0.0929. The van der Waals surface area contributed by atoms with E-state index in [2.05, 4.69) is 42.4 Å². The highest BCUT2D eigenvalue weighted by Crippen LogP contribution is 2.32. The van der Waals surface area contributed by atoms with Gasteiger partial charge in [0.1, 0.15) is 5.58 Å². The quantitative estimate of drug-likeness (QED) is 0.230. The Hall–Kier alpha value is -1.59. The molecule has 0 saturated carbocycles. The first-order valence-corrected chi connectivity index (χ1v) is 10.4. The SMILES string of the molecule is CCOc1cc(/C=N\NC(=O)c2cc3cc(Br)cc(Br)c3o2)cc(I)c1O. The van der Waals surface area contributed by atoms with Gasteiger partial charge in [-0.25, -0.2) is 5.43 Å². The summed E-state index contributed by atoms with van der Waals surface area (Å²) < 4.78 is 13.2. The van der Waals surface area contributed by atoms with Crippen molar-refractivity contribution in [2.75, 3.05) is 6.61 Å². The van der Waals surface area contributed by atoms with Crippen LogP contribution in [0.2, 0.25) is 0 Å². The number of hydrogen-bond donors (Lipinski definition) is 2. The number of halogens is 3. The van der Waals surface area contributed by atoms with Gasteiger partial charge in [-0.2, -0.15) is 5.10 Å². The number of carbonyl (C=O) groups is 1. The van der Waals surface area contributed by atoms with E-state index in [1.54, 1.807) is 18.2 Å². The van der Waals surface area contributed by atoms with Gasteiger partial charge in [-0.15, -0.1) is 0 Å². The molecule has 2 aromatic carbocycles. The molecule has 6 nitrogen and oxygen atoms in total. The van der Waals surface area contributed by atoms with Crippen LogP contribution in [0.3, 0.4) is 0 Å². The molecule has 140 valence electrons. The van der Waals surface area contributed by atoms with Crippen LogP contribution in [-0.4, -0.2) is 23.8 Å². The zero-order valence-corrected chi connectivity index (χ0v) is 19.3. The number of benzene rings is 2. The Kier molecular flexibility index (Phi) is 6.43. The van der Waals surface area contributed by atoms with Crippen molar-refractivity contribution in [1.29, 1.82) is 0 Å². The van der Waals surface area contributed by atoms with E-state index in [0.29, 0.717) is 27.1 Å². The van der Waals surface area contributed by atoms with Crippen LogP contribution in [0.15, 0.2) is 48.8 Å². The van der Waals surface area contributed by atoms with Crippen LogP contribution < -0.4 is 10.2 Å². The van der Waals surface area contributed by atoms with E-state index in [0.717, 1.165) is 14.3 Å². The summed E-state index contributed by atoms with van der Waals surface area (Å²) in [6.45, 7) is 2.26. The van der Waals surface area contributed by atoms with Crippen LogP contribution in [0, 0.1) is 3.57 Å². The predicted molar refractivity (Wildman–Crippen MR) is 119 cm³/mol. The molecule has 1 heterocycles. The second-order valence-electron chi connectivity index (χ2n) is 5.40. The number of nitrogens with one attached hydrogen (secondary N) is 1. The maximum Gasteiger partial charge on any atom is 0.307 e. The van der Waals surface area contributed by atoms with Crippen LogP contribution in [-0.2, 0) is 0 Å². The highest BCUT2D eigenvalue weighted by atomic mass is 127. The molecule has 0 fully saturated rings. The molecule has 0 bridgehead atoms. The Morgan fingerprint density at radius 3 is 2.85 bits per heavy atom. The molecule has 27 heavy (non-hydrogen) atoms. The summed E-state index contributed by atoms with van der Waals surface area (Å²) in [7, 11) is 0. The summed E-state index contributed by atoms with van der Waals surface area (Å²) in [5.74, 6) is 0.128. The molecular weight excluding hydrogens is 595 g/mol. The van der Waals surface area contributed by atoms with E-state index in [4.69, 9.17) is 9.15 Å². The van der Waals surface area contributed by atoms with Crippen LogP contribution in [0.4, 0.5) is 0 Å². The molecule has 0 aliphatic rings. The van der Waals surface area contributed by atoms with Crippen LogP contribution >= 0.6 is 54.5 Å². The van der Waals surface area contributed by atoms with Gasteiger partial charge >= 0.3 is 5.91 Å². The first kappa shape index (κ1) is 20.2. The molecule has 2 N–H and O–H groups in total. The van der Waals surface area contributed by atoms with E-state index in [1.807, 2.05) is 41.6 Å². The third-order valence-corrected chi connectivity index (χ3v) is 5.36. The van der Waals surface area contributed by atoms with Crippen molar-refractivity contribution in [2.45, 2.75) is 6.92 Å². The summed E-state index contributed by atoms with van der Waals surface area (Å²) in [6.07, 6.45) is 1.47. The number of hydrazone groups is 1. The van der Waals surface area contributed by atoms with Crippen molar-refractivity contribution in [3.63, 3.8) is 0 Å². The zero-order valence-electron chi connectivity index (χ0n) is 13.9. The minimum absolute atomic E-state index is 0.0812. The monoisotopic (exact) mass is 606 g/mol. The van der Waals surface area contributed by atoms with Gasteiger partial charge in [0.05, 0.1) is 20.9 Å². The number of hydrogen-bond acceptors (Lipinski definition) is 5. The van der Waals surface area contributed by atoms with Crippen LogP contribution in [0.5, 0.6) is 11.5 Å². The van der Waals surface area contributed by atoms with E-state index < -0.39 is 5.91 Å². The molecule has 9 heteroatoms. The summed E-state index contributed by atoms with van der Waals surface area (Å²) in [6, 6.07) is 8.72. The standard InChI is InChI=1S/C18H13Br2IN2O4/c1-2-26-14-4-9(3-13(21)16(14)24)8-22-23-18(25)15-6-10-5-11(19)7-12(20)17(10)27-15/h3-8,24H,2H2,1H3,(H,23,25)/b22-8-. The number of aromatic hydroxyl groups is 1. The van der Waals surface area contributed by atoms with Gasteiger partial charge in [-0.05, 0) is 81.3 Å². The first-order chi connectivity index (χ1) is 12.9. The van der Waals surface area contributed by atoms with Gasteiger partial charge in [0.2, 0.25) is 0 Å². The molecule has 1 amide bonds. The molecule has 3 rings (SSSR count). The van der Waals surface area contributed by atoms with Gasteiger partial charge in [-0.3, -0.25) is 4.79 Å². The molecule has 0 aliphatic heterocycles. The molecule has 1 aromatic heterocycles. The number of amides is 1. The van der Waals surface area contributed by atoms with Gasteiger partial charge in [0.15, 0.2) is 17.3 Å². The number of phenols is 1. The van der Waals surface area contributed by atoms with Gasteiger partial charge in [0.25, 0.3) is 0 Å². The van der Waals surface area contributed by atoms with Crippen molar-refractivity contribution in [3.8, 4) is 11.5 Å². The Morgan fingerprint density at radius 1 is 1.33 bits per heavy atom. The summed E-state index contributed by atoms with van der Waals surface area (Å²) in [5.41, 5.74) is 3.69. The van der Waals surface area contributed by atoms with E-state index in [9.17, 15) is 9.90 Å². The fraction of sp³-hybridized carbons (Fsp3) is 0.111. The van der Waals surface area contributed by atoms with Crippen LogP contribution in [0.1, 0.15) is 23.0 Å². The van der Waals surface area contributed by atoms with E-state index >= 15 is 0 Å². The van der Waals surface area contributed by atoms with E-state index in [1.165, 1.54) is 6.21 Å². The summed E-state index contributed by atoms with van der Waals surface area (Å²) in [5, 5.41) is 14.7. The van der Waals surface area contributed by atoms with Crippen molar-refractivity contribution in [1.82, 2.24) is 5.43 Å². The molecule has 3 aromatic rings. The Morgan fingerprint density at radius 2 is 2.11 bits per heavy atom. The number of furan rings is 1. The molecule has 0 radical (unpaired) electrons. The lowest BCUT2D eigenvalue weighted by Gasteiger charge is -2.08. The average Bonchev–Trinajstić information content (AvgIpc) is 3.04. The molecule has 0 aliphatic carbocycles. The second-order valence-corrected chi connectivity index (χ2v) is 8.33. The van der Waals surface area contributed by atoms with Gasteiger partial charge in [-0.1, -0.05) is 15.9 Å². The molecule has 0 unspecified atom stereocenters. The Labute approximate surface area is 185 Å². The van der Waals surface area contributed by atoms with Crippen molar-refractivity contribution >= 4 is 77.5 Å². The lowest BCUT2D eigenvalue weighted by atomic mass is 10.2. The van der Waals surface area contributed by atoms with Crippen molar-refractivity contribution in [3.05, 3.63) is 54.2 Å². The highest BCUT2D eigenvalue weighted by Gasteiger charge is 2.14. The molecular formula is C18H13Br2IN2O4. The molecule has 0 saturated heterocycles. The maximum absolute atomic E-state index is 12.3. The molecule has 0 spiro atoms. The lowest BCUT2D eigenvalue weighted by Crippen LogP contribution is -2.16. The van der Waals surface area contributed by atoms with Gasteiger partial charge < -0.3 is 14.3 Å². The first-order valence-electron chi connectivity index (χ1n) is 7.76. The number of rotatable bonds is 5. The molecule has 0 atom stereocenters. The highest BCUT2D eigenvalue weighted by molar-refractivity contribution is 14.1. The number of nitrogens with zero attached hydrogens (tertiary/aromatic N) is 1. The smallest absolute Gasteiger partial charge is 0.307 e. The Balaban J connectivity index is 1.77. The third-order valence-electron chi connectivity index (χ3n) is 3.49. The normalized spacial score (nSPS) is 11.3. The van der Waals surface area contributed by atoms with Gasteiger partial charge in [0, 0.05) is 9.86 Å². The second kappa shape index (κ2) is 8.61. The number of fused-ring (bicyclic) bond motifs is 1. The number of phenolic OH excluding ortho intramolecular Hbond substituents is 1. The fourth-order valence-corrected chi connectivity index (χ4v) is 4.31. The topological polar surface area (TPSA) is 84.1 Å². The number of carbonyl (C=O) groups excluding carboxylic acids is 1. The maximum atomic E-state index is 12.3. The largest absolute Gasteiger partial charge is 0.504 e. The number of ether oxygens (including phenoxy) is 1. The third kappa shape index (κ3) is 4.64. The minimum Gasteiger partial charge on any atom is -0.504 e. The Bertz CT molecular complexity index is 1050. The average molecular weight is 608 g/mol. The minimum atomic E-state index is -0.469. The zero-order chi connectivity index (χ0) is 19.6. The predicted octanol–water partition coefficient (Wildman–Crippen LogP) is 5.43.